The molecule has 0 bridgehead atoms. The van der Waals surface area contributed by atoms with Crippen LogP contribution in [0, 0.1) is 0 Å². The second kappa shape index (κ2) is 7.81. The number of benzene rings is 1. The van der Waals surface area contributed by atoms with Crippen LogP contribution in [0.4, 0.5) is 0 Å². The average Bonchev–Trinajstić information content (AvgIpc) is 2.53. The van der Waals surface area contributed by atoms with E-state index in [1.807, 2.05) is 12.4 Å². The minimum Gasteiger partial charge on any atom is -0.303 e. The summed E-state index contributed by atoms with van der Waals surface area (Å²) in [6.45, 7) is 4.46. The van der Waals surface area contributed by atoms with E-state index >= 15 is 0 Å². The zero-order valence-corrected chi connectivity index (χ0v) is 12.4. The Balaban J connectivity index is 2.08. The Hall–Kier alpha value is -1.67. The third-order valence-corrected chi connectivity index (χ3v) is 3.71. The van der Waals surface area contributed by atoms with Crippen molar-refractivity contribution in [1.29, 1.82) is 0 Å². The van der Waals surface area contributed by atoms with Gasteiger partial charge in [0.05, 0.1) is 0 Å². The predicted molar refractivity (Wildman–Crippen MR) is 84.5 cm³/mol. The molecule has 106 valence electrons. The molecule has 2 aromatic rings. The minimum atomic E-state index is 0.333. The molecule has 2 atom stereocenters. The van der Waals surface area contributed by atoms with E-state index in [9.17, 15) is 0 Å². The van der Waals surface area contributed by atoms with E-state index in [2.05, 4.69) is 66.6 Å². The van der Waals surface area contributed by atoms with Crippen molar-refractivity contribution in [2.45, 2.75) is 45.2 Å². The molecule has 0 saturated heterocycles. The first-order valence-corrected chi connectivity index (χ1v) is 7.52. The van der Waals surface area contributed by atoms with Gasteiger partial charge in [-0.05, 0) is 36.6 Å². The molecule has 1 aromatic carbocycles. The summed E-state index contributed by atoms with van der Waals surface area (Å²) in [5, 5.41) is 3.76. The highest BCUT2D eigenvalue weighted by Gasteiger charge is 2.14. The van der Waals surface area contributed by atoms with Crippen molar-refractivity contribution in [2.75, 3.05) is 0 Å². The Labute approximate surface area is 122 Å². The smallest absolute Gasteiger partial charge is 0.0325 e. The Bertz CT molecular complexity index is 481. The van der Waals surface area contributed by atoms with Crippen molar-refractivity contribution in [2.24, 2.45) is 0 Å². The van der Waals surface area contributed by atoms with Gasteiger partial charge >= 0.3 is 0 Å². The molecule has 1 heterocycles. The largest absolute Gasteiger partial charge is 0.303 e. The second-order valence-electron chi connectivity index (χ2n) is 5.27. The molecule has 1 N–H and O–H groups in total. The fraction of sp³-hybridized carbons (Fsp3) is 0.389. The van der Waals surface area contributed by atoms with Crippen molar-refractivity contribution in [3.63, 3.8) is 0 Å². The Morgan fingerprint density at radius 3 is 2.35 bits per heavy atom. The van der Waals surface area contributed by atoms with Gasteiger partial charge in [-0.3, -0.25) is 4.98 Å². The summed E-state index contributed by atoms with van der Waals surface area (Å²) < 4.78 is 0. The lowest BCUT2D eigenvalue weighted by Crippen LogP contribution is -2.24. The number of hydrogen-bond acceptors (Lipinski definition) is 2. The first-order valence-electron chi connectivity index (χ1n) is 7.52. The SMILES string of the molecule is CCCCC(N[C@H](C)c1ccncc1)c1ccccc1. The summed E-state index contributed by atoms with van der Waals surface area (Å²) in [6, 6.07) is 15.7. The van der Waals surface area contributed by atoms with E-state index in [0.717, 1.165) is 0 Å². The standard InChI is InChI=1S/C18H24N2/c1-3-4-10-18(17-8-6-5-7-9-17)20-15(2)16-11-13-19-14-12-16/h5-9,11-15,18,20H,3-4,10H2,1-2H3/t15-,18?/m1/s1. The summed E-state index contributed by atoms with van der Waals surface area (Å²) in [5.41, 5.74) is 2.67. The number of pyridine rings is 1. The van der Waals surface area contributed by atoms with Crippen LogP contribution in [0.2, 0.25) is 0 Å². The van der Waals surface area contributed by atoms with Gasteiger partial charge in [-0.1, -0.05) is 50.1 Å². The second-order valence-corrected chi connectivity index (χ2v) is 5.27. The van der Waals surface area contributed by atoms with Crippen LogP contribution in [-0.4, -0.2) is 4.98 Å². The molecule has 2 heteroatoms. The van der Waals surface area contributed by atoms with Crippen LogP contribution >= 0.6 is 0 Å². The fourth-order valence-corrected chi connectivity index (χ4v) is 2.49. The van der Waals surface area contributed by atoms with Gasteiger partial charge in [-0.2, -0.15) is 0 Å². The number of aromatic nitrogens is 1. The average molecular weight is 268 g/mol. The minimum absolute atomic E-state index is 0.333. The van der Waals surface area contributed by atoms with E-state index in [-0.39, 0.29) is 0 Å². The molecule has 2 rings (SSSR count). The maximum atomic E-state index is 4.09. The van der Waals surface area contributed by atoms with Crippen LogP contribution in [0.3, 0.4) is 0 Å². The maximum absolute atomic E-state index is 4.09. The molecule has 1 aromatic heterocycles. The van der Waals surface area contributed by atoms with E-state index in [1.165, 1.54) is 30.4 Å². The monoisotopic (exact) mass is 268 g/mol. The van der Waals surface area contributed by atoms with E-state index in [1.54, 1.807) is 0 Å². The highest BCUT2D eigenvalue weighted by Crippen LogP contribution is 2.23. The maximum Gasteiger partial charge on any atom is 0.0325 e. The first-order chi connectivity index (χ1) is 9.81. The molecule has 0 aliphatic rings. The highest BCUT2D eigenvalue weighted by atomic mass is 14.9. The number of unbranched alkanes of at least 4 members (excludes halogenated alkanes) is 1. The zero-order valence-electron chi connectivity index (χ0n) is 12.4. The number of rotatable bonds is 7. The van der Waals surface area contributed by atoms with Crippen LogP contribution in [0.1, 0.15) is 56.3 Å². The van der Waals surface area contributed by atoms with Gasteiger partial charge in [-0.25, -0.2) is 0 Å². The van der Waals surface area contributed by atoms with Gasteiger partial charge in [0, 0.05) is 24.5 Å². The molecule has 0 aliphatic carbocycles. The van der Waals surface area contributed by atoms with Crippen molar-refractivity contribution in [3.05, 3.63) is 66.0 Å². The van der Waals surface area contributed by atoms with Crippen molar-refractivity contribution in [1.82, 2.24) is 10.3 Å². The number of nitrogens with one attached hydrogen (secondary N) is 1. The van der Waals surface area contributed by atoms with Crippen LogP contribution in [-0.2, 0) is 0 Å². The number of hydrogen-bond donors (Lipinski definition) is 1. The quantitative estimate of drug-likeness (QED) is 0.789. The Morgan fingerprint density at radius 1 is 1.00 bits per heavy atom. The molecule has 0 radical (unpaired) electrons. The van der Waals surface area contributed by atoms with Crippen molar-refractivity contribution in [3.8, 4) is 0 Å². The van der Waals surface area contributed by atoms with Gasteiger partial charge < -0.3 is 5.32 Å². The lowest BCUT2D eigenvalue weighted by molar-refractivity contribution is 0.431. The number of nitrogens with zero attached hydrogens (tertiary/aromatic N) is 1. The Kier molecular flexibility index (Phi) is 5.75. The zero-order chi connectivity index (χ0) is 14.2. The summed E-state index contributed by atoms with van der Waals surface area (Å²) in [7, 11) is 0. The third kappa shape index (κ3) is 4.17. The van der Waals surface area contributed by atoms with Gasteiger partial charge in [0.15, 0.2) is 0 Å². The van der Waals surface area contributed by atoms with Crippen LogP contribution < -0.4 is 5.32 Å². The van der Waals surface area contributed by atoms with E-state index < -0.39 is 0 Å². The highest BCUT2D eigenvalue weighted by molar-refractivity contribution is 5.21. The van der Waals surface area contributed by atoms with Gasteiger partial charge in [0.1, 0.15) is 0 Å². The van der Waals surface area contributed by atoms with E-state index in [0.29, 0.717) is 12.1 Å². The molecule has 0 fully saturated rings. The van der Waals surface area contributed by atoms with Crippen molar-refractivity contribution < 1.29 is 0 Å². The molecule has 0 aliphatic heterocycles. The summed E-state index contributed by atoms with van der Waals surface area (Å²) in [5.74, 6) is 0. The molecular formula is C18H24N2. The predicted octanol–water partition coefficient (Wildman–Crippen LogP) is 4.66. The third-order valence-electron chi connectivity index (χ3n) is 3.71. The van der Waals surface area contributed by atoms with Gasteiger partial charge in [0.2, 0.25) is 0 Å². The normalized spacial score (nSPS) is 13.9. The molecule has 0 spiro atoms. The topological polar surface area (TPSA) is 24.9 Å². The van der Waals surface area contributed by atoms with Gasteiger partial charge in [0.25, 0.3) is 0 Å². The molecule has 0 saturated carbocycles. The van der Waals surface area contributed by atoms with Crippen LogP contribution in [0.25, 0.3) is 0 Å². The van der Waals surface area contributed by atoms with Gasteiger partial charge in [-0.15, -0.1) is 0 Å². The van der Waals surface area contributed by atoms with Crippen molar-refractivity contribution >= 4 is 0 Å². The lowest BCUT2D eigenvalue weighted by atomic mass is 9.99. The molecule has 20 heavy (non-hydrogen) atoms. The lowest BCUT2D eigenvalue weighted by Gasteiger charge is -2.24. The van der Waals surface area contributed by atoms with Crippen LogP contribution in [0.5, 0.6) is 0 Å². The van der Waals surface area contributed by atoms with E-state index in [4.69, 9.17) is 0 Å². The summed E-state index contributed by atoms with van der Waals surface area (Å²) in [6.07, 6.45) is 7.37. The van der Waals surface area contributed by atoms with Crippen LogP contribution in [0.15, 0.2) is 54.9 Å². The fourth-order valence-electron chi connectivity index (χ4n) is 2.49. The summed E-state index contributed by atoms with van der Waals surface area (Å²) in [4.78, 5) is 4.09. The molecule has 0 amide bonds. The first kappa shape index (κ1) is 14.7. The summed E-state index contributed by atoms with van der Waals surface area (Å²) >= 11 is 0. The molecule has 2 nitrogen and oxygen atoms in total. The molecular weight excluding hydrogens is 244 g/mol. The Morgan fingerprint density at radius 2 is 1.70 bits per heavy atom. The molecule has 1 unspecified atom stereocenters.